The second-order valence-corrected chi connectivity index (χ2v) is 13.2. The summed E-state index contributed by atoms with van der Waals surface area (Å²) in [5, 5.41) is 10.2. The zero-order valence-corrected chi connectivity index (χ0v) is 26.1. The van der Waals surface area contributed by atoms with Crippen molar-refractivity contribution in [3.05, 3.63) is 64.9 Å². The predicted octanol–water partition coefficient (Wildman–Crippen LogP) is 5.29. The van der Waals surface area contributed by atoms with E-state index in [9.17, 15) is 0 Å². The van der Waals surface area contributed by atoms with Crippen molar-refractivity contribution in [1.29, 1.82) is 0 Å². The molecule has 0 amide bonds. The quantitative estimate of drug-likeness (QED) is 0.286. The summed E-state index contributed by atoms with van der Waals surface area (Å²) in [4.78, 5) is 22.1. The van der Waals surface area contributed by atoms with Gasteiger partial charge in [-0.05, 0) is 76.6 Å². The van der Waals surface area contributed by atoms with Crippen LogP contribution in [0.25, 0.3) is 10.8 Å². The zero-order chi connectivity index (χ0) is 29.6. The summed E-state index contributed by atoms with van der Waals surface area (Å²) in [6, 6.07) is 13.9. The molecule has 43 heavy (non-hydrogen) atoms. The van der Waals surface area contributed by atoms with Crippen LogP contribution in [0.15, 0.2) is 36.4 Å². The number of piperidine rings is 1. The molecule has 0 spiro atoms. The van der Waals surface area contributed by atoms with Crippen molar-refractivity contribution in [1.82, 2.24) is 30.0 Å². The summed E-state index contributed by atoms with van der Waals surface area (Å²) >= 11 is 0. The molecular formula is C34H44N8O. The highest BCUT2D eigenvalue weighted by atomic mass is 16.5. The third-order valence-corrected chi connectivity index (χ3v) is 9.53. The van der Waals surface area contributed by atoms with Crippen LogP contribution in [0.2, 0.25) is 0 Å². The number of aryl methyl sites for hydroxylation is 2. The molecule has 2 aromatic heterocycles. The van der Waals surface area contributed by atoms with E-state index in [4.69, 9.17) is 14.7 Å². The van der Waals surface area contributed by atoms with Gasteiger partial charge in [0.2, 0.25) is 0 Å². The van der Waals surface area contributed by atoms with Gasteiger partial charge in [-0.1, -0.05) is 37.3 Å². The molecule has 226 valence electrons. The molecule has 2 aliphatic heterocycles. The topological polar surface area (TPSA) is 86.3 Å². The lowest BCUT2D eigenvalue weighted by atomic mass is 9.95. The fourth-order valence-electron chi connectivity index (χ4n) is 7.21. The molecule has 2 fully saturated rings. The molecule has 1 aliphatic carbocycles. The second-order valence-electron chi connectivity index (χ2n) is 13.2. The minimum atomic E-state index is 0.216. The van der Waals surface area contributed by atoms with Gasteiger partial charge < -0.3 is 19.4 Å². The van der Waals surface area contributed by atoms with Gasteiger partial charge in [0, 0.05) is 54.1 Å². The second kappa shape index (κ2) is 11.4. The Balaban J connectivity index is 1.22. The highest BCUT2D eigenvalue weighted by Crippen LogP contribution is 2.46. The first kappa shape index (κ1) is 28.1. The highest BCUT2D eigenvalue weighted by molar-refractivity contribution is 5.97. The first-order valence-electron chi connectivity index (χ1n) is 16.0. The van der Waals surface area contributed by atoms with Crippen LogP contribution in [-0.2, 0) is 19.4 Å². The summed E-state index contributed by atoms with van der Waals surface area (Å²) in [6.07, 6.45) is 6.48. The van der Waals surface area contributed by atoms with Gasteiger partial charge in [-0.3, -0.25) is 5.10 Å². The molecule has 1 unspecified atom stereocenters. The lowest BCUT2D eigenvalue weighted by Crippen LogP contribution is -2.38. The van der Waals surface area contributed by atoms with Crippen LogP contribution in [0, 0.1) is 12.3 Å². The van der Waals surface area contributed by atoms with E-state index in [-0.39, 0.29) is 11.3 Å². The van der Waals surface area contributed by atoms with Crippen LogP contribution >= 0.6 is 0 Å². The molecule has 1 saturated heterocycles. The molecule has 0 radical (unpaired) electrons. The Hall–Kier alpha value is -3.72. The number of hydrogen-bond donors (Lipinski definition) is 1. The Morgan fingerprint density at radius 3 is 2.63 bits per heavy atom. The molecule has 0 bridgehead atoms. The Morgan fingerprint density at radius 2 is 1.88 bits per heavy atom. The summed E-state index contributed by atoms with van der Waals surface area (Å²) in [7, 11) is 4.28. The number of rotatable bonds is 9. The van der Waals surface area contributed by atoms with Gasteiger partial charge in [-0.25, -0.2) is 4.98 Å². The minimum Gasteiger partial charge on any atom is -0.463 e. The zero-order valence-electron chi connectivity index (χ0n) is 26.1. The van der Waals surface area contributed by atoms with E-state index in [2.05, 4.69) is 87.3 Å². The molecule has 1 N–H and O–H groups in total. The van der Waals surface area contributed by atoms with Crippen molar-refractivity contribution in [3.8, 4) is 6.01 Å². The van der Waals surface area contributed by atoms with Gasteiger partial charge in [0.15, 0.2) is 5.82 Å². The molecular weight excluding hydrogens is 536 g/mol. The standard InChI is InChI=1S/C34H44N8O/c1-5-24-9-6-10-25-11-7-13-29(30(24)25)41-18-14-27-28(20-41)36-33(43-22-34(15-16-34)21-40(3)4)37-32(27)42-17-8-12-26(19-42)31-35-23(2)38-39-31/h6-7,9-11,13,26H,5,8,12,14-22H2,1-4H3,(H,35,38,39). The third-order valence-electron chi connectivity index (χ3n) is 9.53. The number of nitrogens with one attached hydrogen (secondary N) is 1. The van der Waals surface area contributed by atoms with Crippen molar-refractivity contribution >= 4 is 22.3 Å². The van der Waals surface area contributed by atoms with Gasteiger partial charge in [-0.2, -0.15) is 15.1 Å². The Labute approximate surface area is 254 Å². The van der Waals surface area contributed by atoms with Crippen molar-refractivity contribution in [2.75, 3.05) is 56.7 Å². The maximum absolute atomic E-state index is 6.47. The Bertz CT molecular complexity index is 1600. The third kappa shape index (κ3) is 5.67. The summed E-state index contributed by atoms with van der Waals surface area (Å²) < 4.78 is 6.47. The Morgan fingerprint density at radius 1 is 1.05 bits per heavy atom. The molecule has 9 heteroatoms. The number of ether oxygens (including phenoxy) is 1. The molecule has 4 heterocycles. The van der Waals surface area contributed by atoms with E-state index >= 15 is 0 Å². The fourth-order valence-corrected chi connectivity index (χ4v) is 7.21. The molecule has 7 rings (SSSR count). The number of aromatic nitrogens is 5. The lowest BCUT2D eigenvalue weighted by Gasteiger charge is -2.37. The molecule has 2 aromatic carbocycles. The van der Waals surface area contributed by atoms with Crippen molar-refractivity contribution in [2.24, 2.45) is 5.41 Å². The van der Waals surface area contributed by atoms with Gasteiger partial charge in [0.05, 0.1) is 18.8 Å². The van der Waals surface area contributed by atoms with Crippen molar-refractivity contribution in [2.45, 2.75) is 64.8 Å². The molecule has 1 atom stereocenters. The lowest BCUT2D eigenvalue weighted by molar-refractivity contribution is 0.182. The normalized spacial score (nSPS) is 19.6. The largest absolute Gasteiger partial charge is 0.463 e. The fraction of sp³-hybridized carbons (Fsp3) is 0.529. The summed E-state index contributed by atoms with van der Waals surface area (Å²) in [6.45, 7) is 9.42. The average molecular weight is 581 g/mol. The Kier molecular flexibility index (Phi) is 7.45. The minimum absolute atomic E-state index is 0.216. The molecule has 3 aliphatic rings. The smallest absolute Gasteiger partial charge is 0.318 e. The summed E-state index contributed by atoms with van der Waals surface area (Å²) in [5.74, 6) is 3.11. The number of H-pyrrole nitrogens is 1. The first-order valence-corrected chi connectivity index (χ1v) is 16.0. The SMILES string of the molecule is CCc1cccc2cccc(N3CCc4c(nc(OCC5(CN(C)C)CC5)nc4N4CCCC(c5n[nH]c(C)n5)C4)C3)c12. The number of hydrogen-bond acceptors (Lipinski definition) is 8. The van der Waals surface area contributed by atoms with E-state index in [0.29, 0.717) is 12.6 Å². The van der Waals surface area contributed by atoms with E-state index in [0.717, 1.165) is 81.6 Å². The predicted molar refractivity (Wildman–Crippen MR) is 171 cm³/mol. The highest BCUT2D eigenvalue weighted by Gasteiger charge is 2.44. The van der Waals surface area contributed by atoms with Gasteiger partial charge in [-0.15, -0.1) is 0 Å². The maximum Gasteiger partial charge on any atom is 0.318 e. The van der Waals surface area contributed by atoms with Crippen LogP contribution in [0.3, 0.4) is 0 Å². The van der Waals surface area contributed by atoms with E-state index in [1.54, 1.807) is 0 Å². The van der Waals surface area contributed by atoms with Crippen LogP contribution in [0.5, 0.6) is 6.01 Å². The first-order chi connectivity index (χ1) is 20.9. The molecule has 9 nitrogen and oxygen atoms in total. The monoisotopic (exact) mass is 580 g/mol. The van der Waals surface area contributed by atoms with Gasteiger partial charge >= 0.3 is 6.01 Å². The maximum atomic E-state index is 6.47. The van der Waals surface area contributed by atoms with Crippen molar-refractivity contribution in [3.63, 3.8) is 0 Å². The van der Waals surface area contributed by atoms with Crippen molar-refractivity contribution < 1.29 is 4.74 Å². The number of anilines is 2. The van der Waals surface area contributed by atoms with Crippen LogP contribution in [-0.4, -0.2) is 76.9 Å². The summed E-state index contributed by atoms with van der Waals surface area (Å²) in [5.41, 5.74) is 5.26. The van der Waals surface area contributed by atoms with E-state index in [1.165, 1.54) is 40.4 Å². The number of benzene rings is 2. The van der Waals surface area contributed by atoms with Crippen LogP contribution < -0.4 is 14.5 Å². The average Bonchev–Trinajstić information content (AvgIpc) is 3.64. The van der Waals surface area contributed by atoms with E-state index in [1.807, 2.05) is 6.92 Å². The van der Waals surface area contributed by atoms with Gasteiger partial charge in [0.1, 0.15) is 11.6 Å². The molecule has 1 saturated carbocycles. The molecule has 4 aromatic rings. The van der Waals surface area contributed by atoms with Crippen LogP contribution in [0.4, 0.5) is 11.5 Å². The number of aromatic amines is 1. The van der Waals surface area contributed by atoms with Gasteiger partial charge in [0.25, 0.3) is 0 Å². The van der Waals surface area contributed by atoms with E-state index < -0.39 is 0 Å². The number of fused-ring (bicyclic) bond motifs is 2. The van der Waals surface area contributed by atoms with Crippen LogP contribution in [0.1, 0.15) is 67.0 Å². The number of nitrogens with zero attached hydrogens (tertiary/aromatic N) is 7.